The molecular weight excluding hydrogens is 162 g/mol. The van der Waals surface area contributed by atoms with Crippen molar-refractivity contribution in [1.29, 1.82) is 0 Å². The van der Waals surface area contributed by atoms with Gasteiger partial charge in [0.05, 0.1) is 0 Å². The molecule has 0 amide bonds. The molecular formula is C7H5NS2. The van der Waals surface area contributed by atoms with Crippen LogP contribution in [0.5, 0.6) is 0 Å². The quantitative estimate of drug-likeness (QED) is 0.594. The molecule has 1 aromatic rings. The fourth-order valence-electron chi connectivity index (χ4n) is 0.633. The van der Waals surface area contributed by atoms with Crippen molar-refractivity contribution in [2.24, 2.45) is 4.36 Å². The highest BCUT2D eigenvalue weighted by atomic mass is 32.1. The Bertz CT molecular complexity index is 243. The minimum absolute atomic E-state index is 0.482. The summed E-state index contributed by atoms with van der Waals surface area (Å²) in [6.45, 7) is 0. The molecule has 0 heterocycles. The summed E-state index contributed by atoms with van der Waals surface area (Å²) in [5, 5.41) is 0. The lowest BCUT2D eigenvalue weighted by atomic mass is 10.2. The molecule has 0 aliphatic heterocycles. The van der Waals surface area contributed by atoms with Crippen molar-refractivity contribution in [1.82, 2.24) is 0 Å². The summed E-state index contributed by atoms with van der Waals surface area (Å²) < 4.78 is 3.47. The van der Waals surface area contributed by atoms with E-state index in [0.29, 0.717) is 4.99 Å². The van der Waals surface area contributed by atoms with Crippen LogP contribution in [-0.2, 0) is 12.4 Å². The van der Waals surface area contributed by atoms with Crippen LogP contribution in [0.15, 0.2) is 34.7 Å². The maximum Gasteiger partial charge on any atom is 0.147 e. The number of nitrogens with zero attached hydrogens (tertiary/aromatic N) is 1. The summed E-state index contributed by atoms with van der Waals surface area (Å²) in [6, 6.07) is 9.51. The second-order valence-electron chi connectivity index (χ2n) is 1.76. The fraction of sp³-hybridized carbons (Fsp3) is 0. The number of hydrogen-bond acceptors (Lipinski definition) is 2. The molecule has 0 fully saturated rings. The monoisotopic (exact) mass is 167 g/mol. The van der Waals surface area contributed by atoms with E-state index in [2.05, 4.69) is 16.8 Å². The standard InChI is InChI=1S/C7H5NS2/c9-7(8-10)6-4-2-1-3-5-6/h1-5H. The molecule has 3 heteroatoms. The Morgan fingerprint density at radius 2 is 1.80 bits per heavy atom. The molecule has 1 rings (SSSR count). The lowest BCUT2D eigenvalue weighted by molar-refractivity contribution is 1.64. The summed E-state index contributed by atoms with van der Waals surface area (Å²) in [7, 11) is 0. The predicted molar refractivity (Wildman–Crippen MR) is 47.9 cm³/mol. The molecule has 0 N–H and O–H groups in total. The Morgan fingerprint density at radius 1 is 1.20 bits per heavy atom. The van der Waals surface area contributed by atoms with E-state index in [9.17, 15) is 0 Å². The summed E-state index contributed by atoms with van der Waals surface area (Å²) in [4.78, 5) is 0.482. The van der Waals surface area contributed by atoms with Gasteiger partial charge in [-0.3, -0.25) is 0 Å². The maximum atomic E-state index is 4.85. The fourth-order valence-corrected chi connectivity index (χ4v) is 0.875. The SMILES string of the molecule is S=NC(=S)c1ccccc1. The van der Waals surface area contributed by atoms with Crippen molar-refractivity contribution in [3.8, 4) is 0 Å². The lowest BCUT2D eigenvalue weighted by Crippen LogP contribution is -1.88. The number of rotatable bonds is 1. The van der Waals surface area contributed by atoms with Crippen LogP contribution < -0.4 is 0 Å². The van der Waals surface area contributed by atoms with Gasteiger partial charge in [0.1, 0.15) is 4.99 Å². The molecule has 0 saturated carbocycles. The first-order valence-electron chi connectivity index (χ1n) is 2.77. The predicted octanol–water partition coefficient (Wildman–Crippen LogP) is 2.09. The van der Waals surface area contributed by atoms with Crippen LogP contribution >= 0.6 is 12.2 Å². The summed E-state index contributed by atoms with van der Waals surface area (Å²) in [5.74, 6) is 0. The number of benzene rings is 1. The van der Waals surface area contributed by atoms with E-state index in [0.717, 1.165) is 5.56 Å². The Labute approximate surface area is 70.2 Å². The van der Waals surface area contributed by atoms with Crippen molar-refractivity contribution in [2.45, 2.75) is 0 Å². The molecule has 50 valence electrons. The third kappa shape index (κ3) is 1.65. The van der Waals surface area contributed by atoms with Crippen molar-refractivity contribution < 1.29 is 0 Å². The summed E-state index contributed by atoms with van der Waals surface area (Å²) in [5.41, 5.74) is 0.910. The Kier molecular flexibility index (Phi) is 2.59. The topological polar surface area (TPSA) is 12.4 Å². The zero-order valence-electron chi connectivity index (χ0n) is 5.15. The molecule has 0 aliphatic carbocycles. The molecule has 0 saturated heterocycles. The van der Waals surface area contributed by atoms with Gasteiger partial charge >= 0.3 is 0 Å². The molecule has 1 aromatic carbocycles. The molecule has 0 bridgehead atoms. The molecule has 0 atom stereocenters. The van der Waals surface area contributed by atoms with E-state index in [1.54, 1.807) is 0 Å². The van der Waals surface area contributed by atoms with Gasteiger partial charge in [0.15, 0.2) is 0 Å². The van der Waals surface area contributed by atoms with E-state index in [1.165, 1.54) is 0 Å². The smallest absolute Gasteiger partial charge is 0.147 e. The van der Waals surface area contributed by atoms with Gasteiger partial charge in [0.2, 0.25) is 0 Å². The van der Waals surface area contributed by atoms with E-state index in [1.807, 2.05) is 30.3 Å². The second-order valence-corrected chi connectivity index (χ2v) is 2.33. The molecule has 10 heavy (non-hydrogen) atoms. The van der Waals surface area contributed by atoms with Crippen LogP contribution in [-0.4, -0.2) is 4.99 Å². The van der Waals surface area contributed by atoms with Gasteiger partial charge in [0, 0.05) is 18.0 Å². The van der Waals surface area contributed by atoms with Gasteiger partial charge < -0.3 is 0 Å². The van der Waals surface area contributed by atoms with Crippen molar-refractivity contribution in [3.05, 3.63) is 35.9 Å². The van der Waals surface area contributed by atoms with E-state index >= 15 is 0 Å². The van der Waals surface area contributed by atoms with Crippen LogP contribution in [0, 0.1) is 0 Å². The molecule has 0 aliphatic rings. The zero-order valence-corrected chi connectivity index (χ0v) is 6.78. The van der Waals surface area contributed by atoms with Gasteiger partial charge in [-0.15, -0.1) is 0 Å². The minimum atomic E-state index is 0.482. The largest absolute Gasteiger partial charge is 0.169 e. The molecule has 0 spiro atoms. The van der Waals surface area contributed by atoms with E-state index in [4.69, 9.17) is 12.2 Å². The first-order chi connectivity index (χ1) is 4.84. The Hall–Kier alpha value is -0.670. The third-order valence-electron chi connectivity index (χ3n) is 1.10. The molecule has 0 aromatic heterocycles. The van der Waals surface area contributed by atoms with Gasteiger partial charge in [-0.25, -0.2) is 0 Å². The molecule has 0 unspecified atom stereocenters. The van der Waals surface area contributed by atoms with E-state index < -0.39 is 0 Å². The van der Waals surface area contributed by atoms with Gasteiger partial charge in [-0.1, -0.05) is 42.5 Å². The number of thiocarbonyl (C=S) groups is 1. The van der Waals surface area contributed by atoms with Crippen LogP contribution in [0.1, 0.15) is 5.56 Å². The zero-order chi connectivity index (χ0) is 7.40. The van der Waals surface area contributed by atoms with Gasteiger partial charge in [0.25, 0.3) is 0 Å². The van der Waals surface area contributed by atoms with E-state index in [-0.39, 0.29) is 0 Å². The van der Waals surface area contributed by atoms with Crippen molar-refractivity contribution in [3.63, 3.8) is 0 Å². The highest BCUT2D eigenvalue weighted by Gasteiger charge is 1.93. The first-order valence-corrected chi connectivity index (χ1v) is 3.54. The third-order valence-corrected chi connectivity index (χ3v) is 1.73. The van der Waals surface area contributed by atoms with Crippen LogP contribution in [0.2, 0.25) is 0 Å². The Morgan fingerprint density at radius 3 is 2.30 bits per heavy atom. The lowest BCUT2D eigenvalue weighted by Gasteiger charge is -1.92. The van der Waals surface area contributed by atoms with Crippen molar-refractivity contribution in [2.75, 3.05) is 0 Å². The molecule has 0 radical (unpaired) electrons. The second kappa shape index (κ2) is 3.49. The average molecular weight is 167 g/mol. The van der Waals surface area contributed by atoms with Crippen molar-refractivity contribution >= 4 is 29.6 Å². The molecule has 1 nitrogen and oxygen atoms in total. The first kappa shape index (κ1) is 7.44. The van der Waals surface area contributed by atoms with Crippen LogP contribution in [0.4, 0.5) is 0 Å². The van der Waals surface area contributed by atoms with Crippen LogP contribution in [0.3, 0.4) is 0 Å². The normalized spacial score (nSPS) is 8.80. The summed E-state index contributed by atoms with van der Waals surface area (Å²) in [6.07, 6.45) is 0. The summed E-state index contributed by atoms with van der Waals surface area (Å²) >= 11 is 9.29. The maximum absolute atomic E-state index is 4.85. The average Bonchev–Trinajstić information content (AvgIpc) is 2.05. The number of hydrogen-bond donors (Lipinski definition) is 0. The van der Waals surface area contributed by atoms with Crippen LogP contribution in [0.25, 0.3) is 0 Å². The highest BCUT2D eigenvalue weighted by Crippen LogP contribution is 2.00. The van der Waals surface area contributed by atoms with Gasteiger partial charge in [-0.05, 0) is 0 Å². The van der Waals surface area contributed by atoms with Gasteiger partial charge in [-0.2, -0.15) is 4.36 Å². The highest BCUT2D eigenvalue weighted by molar-refractivity contribution is 7.81. The minimum Gasteiger partial charge on any atom is -0.169 e. The Balaban J connectivity index is 2.95.